The monoisotopic (exact) mass is 425 g/mol. The second-order valence-corrected chi connectivity index (χ2v) is 7.37. The average Bonchev–Trinajstić information content (AvgIpc) is 3.15. The third kappa shape index (κ3) is 4.71. The Morgan fingerprint density at radius 2 is 1.72 bits per heavy atom. The van der Waals surface area contributed by atoms with E-state index in [0.29, 0.717) is 10.8 Å². The summed E-state index contributed by atoms with van der Waals surface area (Å²) in [4.78, 5) is 3.79. The molecule has 0 aliphatic rings. The van der Waals surface area contributed by atoms with E-state index >= 15 is 0 Å². The van der Waals surface area contributed by atoms with Gasteiger partial charge in [-0.25, -0.2) is 9.67 Å². The molecule has 9 heteroatoms. The molecule has 3 rings (SSSR count). The van der Waals surface area contributed by atoms with Gasteiger partial charge >= 0.3 is 6.18 Å². The van der Waals surface area contributed by atoms with Crippen LogP contribution in [0, 0.1) is 5.92 Å². The Labute approximate surface area is 170 Å². The molecule has 0 spiro atoms. The molecule has 3 aromatic rings. The first-order chi connectivity index (χ1) is 13.6. The molecule has 0 aliphatic heterocycles. The van der Waals surface area contributed by atoms with E-state index in [1.807, 2.05) is 0 Å². The quantitative estimate of drug-likeness (QED) is 0.583. The average molecular weight is 426 g/mol. The molecule has 1 N–H and O–H groups in total. The van der Waals surface area contributed by atoms with Gasteiger partial charge in [-0.05, 0) is 47.9 Å². The van der Waals surface area contributed by atoms with E-state index in [1.165, 1.54) is 29.5 Å². The van der Waals surface area contributed by atoms with Crippen LogP contribution in [0.4, 0.5) is 13.2 Å². The summed E-state index contributed by atoms with van der Waals surface area (Å²) in [6, 6.07) is 9.78. The number of hydrogen-bond donors (Lipinski definition) is 1. The smallest absolute Gasteiger partial charge is 0.416 e. The van der Waals surface area contributed by atoms with Crippen molar-refractivity contribution in [3.8, 4) is 11.5 Å². The molecule has 0 radical (unpaired) electrons. The van der Waals surface area contributed by atoms with Gasteiger partial charge in [-0.15, -0.1) is 0 Å². The van der Waals surface area contributed by atoms with Gasteiger partial charge in [0.05, 0.1) is 12.1 Å². The second kappa shape index (κ2) is 8.04. The molecule has 0 bridgehead atoms. The van der Waals surface area contributed by atoms with Gasteiger partial charge in [0.1, 0.15) is 29.8 Å². The molecule has 0 aliphatic carbocycles. The Morgan fingerprint density at radius 1 is 1.07 bits per heavy atom. The third-order valence-electron chi connectivity index (χ3n) is 4.64. The summed E-state index contributed by atoms with van der Waals surface area (Å²) in [6.45, 7) is 3.12. The first-order valence-electron chi connectivity index (χ1n) is 8.79. The molecule has 5 nitrogen and oxygen atoms in total. The van der Waals surface area contributed by atoms with Gasteiger partial charge in [0, 0.05) is 5.02 Å². The lowest BCUT2D eigenvalue weighted by molar-refractivity contribution is -0.142. The minimum Gasteiger partial charge on any atom is -0.457 e. The summed E-state index contributed by atoms with van der Waals surface area (Å²) >= 11 is 5.81. The van der Waals surface area contributed by atoms with Crippen molar-refractivity contribution >= 4 is 11.6 Å². The van der Waals surface area contributed by atoms with Crippen LogP contribution in [0.5, 0.6) is 11.5 Å². The van der Waals surface area contributed by atoms with Crippen molar-refractivity contribution in [2.45, 2.75) is 32.2 Å². The van der Waals surface area contributed by atoms with Gasteiger partial charge in [0.15, 0.2) is 0 Å². The summed E-state index contributed by atoms with van der Waals surface area (Å²) in [6.07, 6.45) is -2.09. The highest BCUT2D eigenvalue weighted by Crippen LogP contribution is 2.42. The van der Waals surface area contributed by atoms with Gasteiger partial charge in [-0.3, -0.25) is 0 Å². The Kier molecular flexibility index (Phi) is 5.86. The van der Waals surface area contributed by atoms with Gasteiger partial charge in [0.2, 0.25) is 0 Å². The molecule has 2 aromatic carbocycles. The van der Waals surface area contributed by atoms with E-state index in [-0.39, 0.29) is 17.9 Å². The molecule has 1 heterocycles. The Hall–Kier alpha value is -2.58. The minimum absolute atomic E-state index is 0.00439. The first-order valence-corrected chi connectivity index (χ1v) is 9.17. The van der Waals surface area contributed by atoms with Crippen molar-refractivity contribution in [3.05, 3.63) is 71.3 Å². The third-order valence-corrected chi connectivity index (χ3v) is 4.89. The lowest BCUT2D eigenvalue weighted by Gasteiger charge is -2.34. The highest BCUT2D eigenvalue weighted by molar-refractivity contribution is 6.30. The van der Waals surface area contributed by atoms with Crippen LogP contribution in [0.15, 0.2) is 55.1 Å². The van der Waals surface area contributed by atoms with Crippen molar-refractivity contribution in [2.24, 2.45) is 5.92 Å². The molecular weight excluding hydrogens is 407 g/mol. The largest absolute Gasteiger partial charge is 0.457 e. The maximum absolute atomic E-state index is 13.9. The summed E-state index contributed by atoms with van der Waals surface area (Å²) in [7, 11) is 0. The van der Waals surface area contributed by atoms with Crippen LogP contribution in [-0.4, -0.2) is 19.9 Å². The van der Waals surface area contributed by atoms with Crippen molar-refractivity contribution in [3.63, 3.8) is 0 Å². The van der Waals surface area contributed by atoms with E-state index < -0.39 is 23.3 Å². The van der Waals surface area contributed by atoms with E-state index in [2.05, 4.69) is 10.1 Å². The highest BCUT2D eigenvalue weighted by atomic mass is 35.5. The van der Waals surface area contributed by atoms with Gasteiger partial charge in [0.25, 0.3) is 0 Å². The molecule has 0 saturated heterocycles. The van der Waals surface area contributed by atoms with Crippen molar-refractivity contribution in [2.75, 3.05) is 0 Å². The predicted octanol–water partition coefficient (Wildman–Crippen LogP) is 5.29. The number of nitrogens with zero attached hydrogens (tertiary/aromatic N) is 3. The highest BCUT2D eigenvalue weighted by Gasteiger charge is 2.43. The fraction of sp³-hybridized carbons (Fsp3) is 0.300. The molecule has 0 amide bonds. The molecule has 1 atom stereocenters. The molecule has 0 unspecified atom stereocenters. The Balaban J connectivity index is 2.04. The molecule has 0 saturated carbocycles. The number of benzene rings is 2. The van der Waals surface area contributed by atoms with Crippen LogP contribution < -0.4 is 4.74 Å². The predicted molar refractivity (Wildman–Crippen MR) is 102 cm³/mol. The van der Waals surface area contributed by atoms with E-state index in [4.69, 9.17) is 16.3 Å². The van der Waals surface area contributed by atoms with Crippen molar-refractivity contribution in [1.82, 2.24) is 14.8 Å². The Bertz CT molecular complexity index is 960. The maximum Gasteiger partial charge on any atom is 0.416 e. The molecule has 154 valence electrons. The zero-order valence-corrected chi connectivity index (χ0v) is 16.4. The van der Waals surface area contributed by atoms with Crippen LogP contribution in [0.25, 0.3) is 0 Å². The topological polar surface area (TPSA) is 60.2 Å². The first kappa shape index (κ1) is 21.1. The molecule has 29 heavy (non-hydrogen) atoms. The molecular formula is C20H19ClF3N3O2. The van der Waals surface area contributed by atoms with E-state index in [1.54, 1.807) is 38.1 Å². The summed E-state index contributed by atoms with van der Waals surface area (Å²) in [5, 5.41) is 15.6. The number of rotatable bonds is 6. The SMILES string of the molecule is CC(C)[C@@](O)(Cn1cncn1)c1ccc(Oc2ccc(Cl)cc2)cc1C(F)(F)F. The maximum atomic E-state index is 13.9. The number of aromatic nitrogens is 3. The zero-order chi connectivity index (χ0) is 21.2. The van der Waals surface area contributed by atoms with E-state index in [0.717, 1.165) is 6.07 Å². The van der Waals surface area contributed by atoms with Crippen LogP contribution in [0.1, 0.15) is 25.0 Å². The zero-order valence-electron chi connectivity index (χ0n) is 15.7. The van der Waals surface area contributed by atoms with E-state index in [9.17, 15) is 18.3 Å². The van der Waals surface area contributed by atoms with Crippen molar-refractivity contribution in [1.29, 1.82) is 0 Å². The van der Waals surface area contributed by atoms with Gasteiger partial charge in [-0.1, -0.05) is 31.5 Å². The lowest BCUT2D eigenvalue weighted by Crippen LogP contribution is -2.39. The second-order valence-electron chi connectivity index (χ2n) is 6.93. The summed E-state index contributed by atoms with van der Waals surface area (Å²) < 4.78 is 48.5. The van der Waals surface area contributed by atoms with Crippen molar-refractivity contribution < 1.29 is 23.0 Å². The number of halogens is 4. The Morgan fingerprint density at radius 3 is 2.28 bits per heavy atom. The summed E-state index contributed by atoms with van der Waals surface area (Å²) in [5.74, 6) is -0.192. The fourth-order valence-electron chi connectivity index (χ4n) is 2.98. The number of alkyl halides is 3. The van der Waals surface area contributed by atoms with Gasteiger partial charge in [-0.2, -0.15) is 18.3 Å². The van der Waals surface area contributed by atoms with Crippen LogP contribution in [-0.2, 0) is 18.3 Å². The minimum atomic E-state index is -4.69. The normalized spacial score (nSPS) is 14.1. The standard InChI is InChI=1S/C20H19ClF3N3O2/c1-13(2)19(28,10-27-12-25-11-26-27)17-8-7-16(9-18(17)20(22,23)24)29-15-5-3-14(21)4-6-15/h3-9,11-13,28H,10H2,1-2H3/t19-/m0/s1. The van der Waals surface area contributed by atoms with Gasteiger partial charge < -0.3 is 9.84 Å². The fourth-order valence-corrected chi connectivity index (χ4v) is 3.10. The summed E-state index contributed by atoms with van der Waals surface area (Å²) in [5.41, 5.74) is -3.04. The molecule has 0 fully saturated rings. The number of ether oxygens (including phenoxy) is 1. The molecule has 1 aromatic heterocycles. The lowest BCUT2D eigenvalue weighted by atomic mass is 9.80. The van der Waals surface area contributed by atoms with Crippen LogP contribution >= 0.6 is 11.6 Å². The number of aliphatic hydroxyl groups is 1. The van der Waals surface area contributed by atoms with Crippen LogP contribution in [0.2, 0.25) is 5.02 Å². The number of hydrogen-bond acceptors (Lipinski definition) is 4. The van der Waals surface area contributed by atoms with Crippen LogP contribution in [0.3, 0.4) is 0 Å².